The second-order valence-corrected chi connectivity index (χ2v) is 6.50. The van der Waals surface area contributed by atoms with Crippen molar-refractivity contribution < 1.29 is 18.8 Å². The third-order valence-electron chi connectivity index (χ3n) is 4.91. The summed E-state index contributed by atoms with van der Waals surface area (Å²) in [6.45, 7) is 1.57. The zero-order chi connectivity index (χ0) is 17.3. The average molecular weight is 333 g/mol. The van der Waals surface area contributed by atoms with Crippen LogP contribution < -0.4 is 10.6 Å². The molecule has 4 amide bonds. The summed E-state index contributed by atoms with van der Waals surface area (Å²) < 4.78 is 13.1. The summed E-state index contributed by atoms with van der Waals surface area (Å²) >= 11 is 0. The van der Waals surface area contributed by atoms with Crippen molar-refractivity contribution in [2.75, 3.05) is 11.9 Å². The number of carbonyl (C=O) groups excluding carboxylic acids is 3. The molecule has 1 aliphatic carbocycles. The van der Waals surface area contributed by atoms with Crippen LogP contribution in [0, 0.1) is 11.7 Å². The topological polar surface area (TPSA) is 78.5 Å². The van der Waals surface area contributed by atoms with Gasteiger partial charge in [0.2, 0.25) is 5.91 Å². The molecule has 7 heteroatoms. The van der Waals surface area contributed by atoms with Crippen LogP contribution >= 0.6 is 0 Å². The lowest BCUT2D eigenvalue weighted by Gasteiger charge is -2.36. The summed E-state index contributed by atoms with van der Waals surface area (Å²) in [6.07, 6.45) is 3.38. The van der Waals surface area contributed by atoms with Crippen molar-refractivity contribution in [1.82, 2.24) is 10.2 Å². The van der Waals surface area contributed by atoms with Gasteiger partial charge in [0.05, 0.1) is 0 Å². The molecule has 0 bridgehead atoms. The van der Waals surface area contributed by atoms with Gasteiger partial charge in [0, 0.05) is 5.69 Å². The van der Waals surface area contributed by atoms with Gasteiger partial charge >= 0.3 is 6.03 Å². The van der Waals surface area contributed by atoms with E-state index in [0.717, 1.165) is 24.2 Å². The first-order chi connectivity index (χ1) is 11.4. The number of hydrogen-bond donors (Lipinski definition) is 2. The highest BCUT2D eigenvalue weighted by Crippen LogP contribution is 2.38. The minimum absolute atomic E-state index is 0.0407. The average Bonchev–Trinajstić information content (AvgIpc) is 2.75. The molecule has 6 nitrogen and oxygen atoms in total. The molecule has 1 saturated heterocycles. The third kappa shape index (κ3) is 2.86. The van der Waals surface area contributed by atoms with Gasteiger partial charge in [-0.05, 0) is 37.0 Å². The van der Waals surface area contributed by atoms with Crippen molar-refractivity contribution in [2.24, 2.45) is 5.92 Å². The zero-order valence-corrected chi connectivity index (χ0v) is 13.5. The van der Waals surface area contributed by atoms with Crippen molar-refractivity contribution in [3.8, 4) is 0 Å². The van der Waals surface area contributed by atoms with Gasteiger partial charge in [0.15, 0.2) is 0 Å². The van der Waals surface area contributed by atoms with Crippen LogP contribution in [0.25, 0.3) is 0 Å². The largest absolute Gasteiger partial charge is 0.325 e. The van der Waals surface area contributed by atoms with Crippen LogP contribution in [0.2, 0.25) is 0 Å². The Hall–Kier alpha value is -2.44. The first kappa shape index (κ1) is 16.4. The molecule has 24 heavy (non-hydrogen) atoms. The summed E-state index contributed by atoms with van der Waals surface area (Å²) in [5, 5.41) is 5.30. The molecule has 1 aromatic carbocycles. The predicted octanol–water partition coefficient (Wildman–Crippen LogP) is 2.26. The van der Waals surface area contributed by atoms with Gasteiger partial charge in [0.25, 0.3) is 5.91 Å². The lowest BCUT2D eigenvalue weighted by molar-refractivity contribution is -0.136. The molecule has 1 aromatic rings. The number of benzene rings is 1. The molecule has 3 rings (SSSR count). The zero-order valence-electron chi connectivity index (χ0n) is 13.5. The lowest BCUT2D eigenvalue weighted by atomic mass is 9.73. The van der Waals surface area contributed by atoms with Crippen molar-refractivity contribution in [1.29, 1.82) is 0 Å². The van der Waals surface area contributed by atoms with Gasteiger partial charge in [-0.3, -0.25) is 14.5 Å². The van der Waals surface area contributed by atoms with E-state index in [-0.39, 0.29) is 24.1 Å². The van der Waals surface area contributed by atoms with Crippen LogP contribution in [-0.2, 0) is 9.59 Å². The second-order valence-electron chi connectivity index (χ2n) is 6.50. The van der Waals surface area contributed by atoms with Crippen LogP contribution in [0.3, 0.4) is 0 Å². The molecular formula is C17H20FN3O3. The van der Waals surface area contributed by atoms with E-state index in [2.05, 4.69) is 10.6 Å². The Labute approximate surface area is 139 Å². The van der Waals surface area contributed by atoms with E-state index < -0.39 is 23.3 Å². The molecule has 0 aromatic heterocycles. The molecule has 1 saturated carbocycles. The van der Waals surface area contributed by atoms with Gasteiger partial charge in [-0.15, -0.1) is 0 Å². The molecule has 1 aliphatic heterocycles. The highest BCUT2D eigenvalue weighted by atomic mass is 19.1. The molecule has 0 radical (unpaired) electrons. The molecule has 1 spiro atoms. The number of hydrogen-bond acceptors (Lipinski definition) is 3. The van der Waals surface area contributed by atoms with E-state index in [1.807, 2.05) is 6.92 Å². The van der Waals surface area contributed by atoms with Crippen LogP contribution in [0.1, 0.15) is 32.6 Å². The van der Waals surface area contributed by atoms with Gasteiger partial charge in [-0.1, -0.05) is 25.8 Å². The van der Waals surface area contributed by atoms with Crippen LogP contribution in [-0.4, -0.2) is 34.8 Å². The SMILES string of the molecule is C[C@H]1CCCC[C@@]12NC(=O)N(CC(=O)Nc1cccc(F)c1)C2=O. The molecule has 2 N–H and O–H groups in total. The maximum atomic E-state index is 13.1. The number of nitrogens with zero attached hydrogens (tertiary/aromatic N) is 1. The quantitative estimate of drug-likeness (QED) is 0.833. The number of anilines is 1. The van der Waals surface area contributed by atoms with E-state index >= 15 is 0 Å². The molecule has 2 fully saturated rings. The minimum atomic E-state index is -0.880. The van der Waals surface area contributed by atoms with E-state index in [0.29, 0.717) is 6.42 Å². The van der Waals surface area contributed by atoms with E-state index in [4.69, 9.17) is 0 Å². The molecule has 2 aliphatic rings. The van der Waals surface area contributed by atoms with Crippen molar-refractivity contribution in [3.05, 3.63) is 30.1 Å². The number of nitrogens with one attached hydrogen (secondary N) is 2. The van der Waals surface area contributed by atoms with Crippen molar-refractivity contribution >= 4 is 23.5 Å². The smallest absolute Gasteiger partial charge is 0.324 e. The van der Waals surface area contributed by atoms with Crippen LogP contribution in [0.15, 0.2) is 24.3 Å². The number of amides is 4. The molecule has 128 valence electrons. The van der Waals surface area contributed by atoms with Crippen molar-refractivity contribution in [3.63, 3.8) is 0 Å². The summed E-state index contributed by atoms with van der Waals surface area (Å²) in [5.41, 5.74) is -0.595. The molecule has 2 atom stereocenters. The number of rotatable bonds is 3. The number of carbonyl (C=O) groups is 3. The Morgan fingerprint density at radius 2 is 2.21 bits per heavy atom. The Kier molecular flexibility index (Phi) is 4.26. The molecule has 0 unspecified atom stereocenters. The highest BCUT2D eigenvalue weighted by molar-refractivity contribution is 6.10. The van der Waals surface area contributed by atoms with Gasteiger partial charge in [-0.2, -0.15) is 0 Å². The maximum Gasteiger partial charge on any atom is 0.325 e. The fourth-order valence-corrected chi connectivity index (χ4v) is 3.55. The number of urea groups is 1. The Morgan fingerprint density at radius 3 is 2.92 bits per heavy atom. The Balaban J connectivity index is 1.70. The molecular weight excluding hydrogens is 313 g/mol. The normalized spacial score (nSPS) is 26.6. The fourth-order valence-electron chi connectivity index (χ4n) is 3.55. The highest BCUT2D eigenvalue weighted by Gasteiger charge is 2.55. The van der Waals surface area contributed by atoms with Gasteiger partial charge in [-0.25, -0.2) is 9.18 Å². The van der Waals surface area contributed by atoms with Crippen molar-refractivity contribution in [2.45, 2.75) is 38.1 Å². The van der Waals surface area contributed by atoms with E-state index in [9.17, 15) is 18.8 Å². The fraction of sp³-hybridized carbons (Fsp3) is 0.471. The number of imide groups is 1. The lowest BCUT2D eigenvalue weighted by Crippen LogP contribution is -2.54. The summed E-state index contributed by atoms with van der Waals surface area (Å²) in [4.78, 5) is 38.0. The van der Waals surface area contributed by atoms with Crippen LogP contribution in [0.4, 0.5) is 14.9 Å². The summed E-state index contributed by atoms with van der Waals surface area (Å²) in [6, 6.07) is 4.91. The van der Waals surface area contributed by atoms with Gasteiger partial charge in [0.1, 0.15) is 17.9 Å². The first-order valence-corrected chi connectivity index (χ1v) is 8.12. The predicted molar refractivity (Wildman–Crippen MR) is 85.6 cm³/mol. The monoisotopic (exact) mass is 333 g/mol. The Morgan fingerprint density at radius 1 is 1.42 bits per heavy atom. The third-order valence-corrected chi connectivity index (χ3v) is 4.91. The Bertz CT molecular complexity index is 693. The summed E-state index contributed by atoms with van der Waals surface area (Å²) in [7, 11) is 0. The van der Waals surface area contributed by atoms with Gasteiger partial charge < -0.3 is 10.6 Å². The second kappa shape index (κ2) is 6.22. The summed E-state index contributed by atoms with van der Waals surface area (Å²) in [5.74, 6) is -1.31. The first-order valence-electron chi connectivity index (χ1n) is 8.12. The van der Waals surface area contributed by atoms with Crippen LogP contribution in [0.5, 0.6) is 0 Å². The number of halogens is 1. The standard InChI is InChI=1S/C17H20FN3O3/c1-11-5-2-3-8-17(11)15(23)21(16(24)20-17)10-14(22)19-13-7-4-6-12(18)9-13/h4,6-7,9,11H,2-3,5,8,10H2,1H3,(H,19,22)(H,20,24)/t11-,17+/m0/s1. The maximum absolute atomic E-state index is 13.1. The minimum Gasteiger partial charge on any atom is -0.324 e. The molecule has 1 heterocycles. The van der Waals surface area contributed by atoms with E-state index in [1.54, 1.807) is 0 Å². The van der Waals surface area contributed by atoms with E-state index in [1.165, 1.54) is 24.3 Å².